The van der Waals surface area contributed by atoms with Crippen molar-refractivity contribution < 1.29 is 22.8 Å². The lowest BCUT2D eigenvalue weighted by molar-refractivity contribution is -0.142. The molecule has 0 aromatic carbocycles. The molecule has 1 rings (SSSR count). The summed E-state index contributed by atoms with van der Waals surface area (Å²) in [6, 6.07) is 1.77. The number of carbonyl (C=O) groups excluding carboxylic acids is 2. The Morgan fingerprint density at radius 3 is 2.27 bits per heavy atom. The highest BCUT2D eigenvalue weighted by molar-refractivity contribution is 6.39. The molecule has 6 nitrogen and oxygen atoms in total. The lowest BCUT2D eigenvalue weighted by atomic mass is 10.3. The smallest absolute Gasteiger partial charge is 0.336 e. The van der Waals surface area contributed by atoms with Crippen molar-refractivity contribution in [3.8, 4) is 0 Å². The lowest BCUT2D eigenvalue weighted by Gasteiger charge is -2.19. The average Bonchev–Trinajstić information content (AvgIpc) is 2.43. The van der Waals surface area contributed by atoms with E-state index in [1.165, 1.54) is 11.9 Å². The van der Waals surface area contributed by atoms with Crippen molar-refractivity contribution in [3.05, 3.63) is 24.0 Å². The van der Waals surface area contributed by atoms with Crippen LogP contribution < -0.4 is 5.32 Å². The van der Waals surface area contributed by atoms with Crippen LogP contribution in [-0.4, -0.2) is 60.8 Å². The molecule has 1 heterocycles. The predicted molar refractivity (Wildman–Crippen MR) is 74.1 cm³/mol. The molecule has 1 aromatic rings. The number of carbonyl (C=O) groups is 2. The summed E-state index contributed by atoms with van der Waals surface area (Å²) < 4.78 is 37.1. The third-order valence-electron chi connectivity index (χ3n) is 2.74. The van der Waals surface area contributed by atoms with Crippen LogP contribution in [0.2, 0.25) is 0 Å². The fourth-order valence-corrected chi connectivity index (χ4v) is 1.44. The summed E-state index contributed by atoms with van der Waals surface area (Å²) in [5, 5.41) is 2.22. The maximum atomic E-state index is 12.4. The standard InChI is InChI=1S/C13H17F3N4O2/c1-19(2)6-7-20(3)12(22)11(21)18-9-4-5-10(17-8-9)13(14,15)16/h4-5,8H,6-7H2,1-3H3,(H,18,21). The van der Waals surface area contributed by atoms with Gasteiger partial charge in [-0.2, -0.15) is 13.2 Å². The van der Waals surface area contributed by atoms with Gasteiger partial charge in [-0.1, -0.05) is 0 Å². The molecule has 0 saturated carbocycles. The van der Waals surface area contributed by atoms with E-state index in [1.54, 1.807) is 0 Å². The lowest BCUT2D eigenvalue weighted by Crippen LogP contribution is -2.40. The summed E-state index contributed by atoms with van der Waals surface area (Å²) in [6.45, 7) is 0.932. The normalized spacial score (nSPS) is 11.4. The van der Waals surface area contributed by atoms with Gasteiger partial charge in [-0.25, -0.2) is 4.98 Å². The van der Waals surface area contributed by atoms with Gasteiger partial charge < -0.3 is 15.1 Å². The number of pyridine rings is 1. The predicted octanol–water partition coefficient (Wildman–Crippen LogP) is 1.06. The number of halogens is 3. The summed E-state index contributed by atoms with van der Waals surface area (Å²) >= 11 is 0. The van der Waals surface area contributed by atoms with Crippen molar-refractivity contribution in [1.82, 2.24) is 14.8 Å². The van der Waals surface area contributed by atoms with E-state index >= 15 is 0 Å². The maximum Gasteiger partial charge on any atom is 0.433 e. The molecular formula is C13H17F3N4O2. The number of anilines is 1. The first-order valence-corrected chi connectivity index (χ1v) is 6.35. The van der Waals surface area contributed by atoms with Crippen LogP contribution in [0, 0.1) is 0 Å². The van der Waals surface area contributed by atoms with Gasteiger partial charge in [0.2, 0.25) is 0 Å². The Morgan fingerprint density at radius 1 is 1.18 bits per heavy atom. The molecule has 0 bridgehead atoms. The highest BCUT2D eigenvalue weighted by Gasteiger charge is 2.32. The molecule has 0 fully saturated rings. The minimum absolute atomic E-state index is 0.0207. The molecule has 122 valence electrons. The summed E-state index contributed by atoms with van der Waals surface area (Å²) in [5.41, 5.74) is -1.05. The van der Waals surface area contributed by atoms with E-state index in [1.807, 2.05) is 19.0 Å². The molecule has 0 radical (unpaired) electrons. The highest BCUT2D eigenvalue weighted by atomic mass is 19.4. The minimum Gasteiger partial charge on any atom is -0.336 e. The van der Waals surface area contributed by atoms with E-state index in [-0.39, 0.29) is 5.69 Å². The van der Waals surface area contributed by atoms with Crippen LogP contribution in [0.3, 0.4) is 0 Å². The van der Waals surface area contributed by atoms with E-state index in [2.05, 4.69) is 10.3 Å². The van der Waals surface area contributed by atoms with Crippen LogP contribution in [-0.2, 0) is 15.8 Å². The summed E-state index contributed by atoms with van der Waals surface area (Å²) in [5.74, 6) is -1.70. The zero-order chi connectivity index (χ0) is 16.9. The van der Waals surface area contributed by atoms with Crippen molar-refractivity contribution in [2.24, 2.45) is 0 Å². The molecule has 0 aliphatic rings. The van der Waals surface area contributed by atoms with Gasteiger partial charge >= 0.3 is 18.0 Å². The second kappa shape index (κ2) is 7.21. The first-order valence-electron chi connectivity index (χ1n) is 6.35. The van der Waals surface area contributed by atoms with Crippen LogP contribution in [0.1, 0.15) is 5.69 Å². The van der Waals surface area contributed by atoms with Crippen LogP contribution in [0.15, 0.2) is 18.3 Å². The number of alkyl halides is 3. The summed E-state index contributed by atoms with van der Waals surface area (Å²) in [6.07, 6.45) is -3.70. The largest absolute Gasteiger partial charge is 0.433 e. The van der Waals surface area contributed by atoms with Crippen molar-refractivity contribution in [2.45, 2.75) is 6.18 Å². The second-order valence-electron chi connectivity index (χ2n) is 4.91. The highest BCUT2D eigenvalue weighted by Crippen LogP contribution is 2.27. The Balaban J connectivity index is 2.62. The topological polar surface area (TPSA) is 65.5 Å². The number of hydrogen-bond acceptors (Lipinski definition) is 4. The quantitative estimate of drug-likeness (QED) is 0.843. The number of rotatable bonds is 4. The van der Waals surface area contributed by atoms with Gasteiger partial charge in [0.1, 0.15) is 5.69 Å². The van der Waals surface area contributed by atoms with E-state index in [9.17, 15) is 22.8 Å². The molecular weight excluding hydrogens is 301 g/mol. The van der Waals surface area contributed by atoms with Gasteiger partial charge in [-0.05, 0) is 26.2 Å². The number of amides is 2. The molecule has 1 aromatic heterocycles. The summed E-state index contributed by atoms with van der Waals surface area (Å²) in [4.78, 5) is 29.8. The fourth-order valence-electron chi connectivity index (χ4n) is 1.44. The SMILES string of the molecule is CN(C)CCN(C)C(=O)C(=O)Nc1ccc(C(F)(F)F)nc1. The van der Waals surface area contributed by atoms with Gasteiger partial charge in [0.15, 0.2) is 0 Å². The molecule has 0 aliphatic carbocycles. The van der Waals surface area contributed by atoms with E-state index < -0.39 is 23.7 Å². The monoisotopic (exact) mass is 318 g/mol. The van der Waals surface area contributed by atoms with Crippen LogP contribution in [0.25, 0.3) is 0 Å². The number of nitrogens with zero attached hydrogens (tertiary/aromatic N) is 3. The minimum atomic E-state index is -4.55. The second-order valence-corrected chi connectivity index (χ2v) is 4.91. The first kappa shape index (κ1) is 17.9. The zero-order valence-electron chi connectivity index (χ0n) is 12.4. The number of aromatic nitrogens is 1. The number of likely N-dealkylation sites (N-methyl/N-ethyl adjacent to an activating group) is 2. The van der Waals surface area contributed by atoms with Crippen molar-refractivity contribution in [3.63, 3.8) is 0 Å². The van der Waals surface area contributed by atoms with Crippen molar-refractivity contribution in [1.29, 1.82) is 0 Å². The Labute approximate surface area is 125 Å². The molecule has 0 spiro atoms. The van der Waals surface area contributed by atoms with Crippen molar-refractivity contribution in [2.75, 3.05) is 39.5 Å². The Bertz CT molecular complexity index is 529. The third-order valence-corrected chi connectivity index (χ3v) is 2.74. The maximum absolute atomic E-state index is 12.4. The van der Waals surface area contributed by atoms with E-state index in [0.29, 0.717) is 13.1 Å². The average molecular weight is 318 g/mol. The van der Waals surface area contributed by atoms with Gasteiger partial charge in [0.25, 0.3) is 0 Å². The van der Waals surface area contributed by atoms with Crippen LogP contribution in [0.4, 0.5) is 18.9 Å². The summed E-state index contributed by atoms with van der Waals surface area (Å²) in [7, 11) is 5.12. The molecule has 9 heteroatoms. The third kappa shape index (κ3) is 5.32. The molecule has 22 heavy (non-hydrogen) atoms. The zero-order valence-corrected chi connectivity index (χ0v) is 12.4. The van der Waals surface area contributed by atoms with Crippen LogP contribution in [0.5, 0.6) is 0 Å². The Kier molecular flexibility index (Phi) is 5.86. The first-order chi connectivity index (χ1) is 10.1. The van der Waals surface area contributed by atoms with E-state index in [4.69, 9.17) is 0 Å². The Morgan fingerprint density at radius 2 is 1.82 bits per heavy atom. The molecule has 2 amide bonds. The van der Waals surface area contributed by atoms with E-state index in [0.717, 1.165) is 18.3 Å². The van der Waals surface area contributed by atoms with Gasteiger partial charge in [0, 0.05) is 20.1 Å². The number of hydrogen-bond donors (Lipinski definition) is 1. The fraction of sp³-hybridized carbons (Fsp3) is 0.462. The molecule has 0 unspecified atom stereocenters. The van der Waals surface area contributed by atoms with Gasteiger partial charge in [-0.3, -0.25) is 9.59 Å². The Hall–Kier alpha value is -2.16. The van der Waals surface area contributed by atoms with Crippen molar-refractivity contribution >= 4 is 17.5 Å². The van der Waals surface area contributed by atoms with Gasteiger partial charge in [0.05, 0.1) is 11.9 Å². The molecule has 0 saturated heterocycles. The van der Waals surface area contributed by atoms with Gasteiger partial charge in [-0.15, -0.1) is 0 Å². The van der Waals surface area contributed by atoms with Crippen LogP contribution >= 0.6 is 0 Å². The molecule has 0 aliphatic heterocycles. The molecule has 1 N–H and O–H groups in total. The number of nitrogens with one attached hydrogen (secondary N) is 1. The molecule has 0 atom stereocenters.